The Labute approximate surface area is 73.7 Å². The van der Waals surface area contributed by atoms with Gasteiger partial charge in [-0.2, -0.15) is 0 Å². The molecule has 0 radical (unpaired) electrons. The van der Waals surface area contributed by atoms with Crippen molar-refractivity contribution in [2.75, 3.05) is 20.4 Å². The molecule has 0 amide bonds. The largest absolute Gasteiger partial charge is 0.366 e. The van der Waals surface area contributed by atoms with Crippen LogP contribution in [0.3, 0.4) is 0 Å². The van der Waals surface area contributed by atoms with Crippen LogP contribution >= 0.6 is 0 Å². The number of ketones is 1. The Morgan fingerprint density at radius 2 is 2.42 bits per heavy atom. The summed E-state index contributed by atoms with van der Waals surface area (Å²) in [6.07, 6.45) is 2.82. The van der Waals surface area contributed by atoms with Crippen molar-refractivity contribution >= 4 is 5.78 Å². The van der Waals surface area contributed by atoms with E-state index >= 15 is 0 Å². The highest BCUT2D eigenvalue weighted by Crippen LogP contribution is 2.13. The summed E-state index contributed by atoms with van der Waals surface area (Å²) in [5.41, 5.74) is 0. The van der Waals surface area contributed by atoms with Crippen LogP contribution in [-0.2, 0) is 9.53 Å². The van der Waals surface area contributed by atoms with Crippen LogP contribution in [0.25, 0.3) is 0 Å². The van der Waals surface area contributed by atoms with E-state index in [1.807, 2.05) is 7.05 Å². The van der Waals surface area contributed by atoms with Crippen LogP contribution in [0.2, 0.25) is 0 Å². The van der Waals surface area contributed by atoms with Crippen molar-refractivity contribution < 1.29 is 9.53 Å². The van der Waals surface area contributed by atoms with Crippen molar-refractivity contribution in [3.05, 3.63) is 0 Å². The van der Waals surface area contributed by atoms with Gasteiger partial charge in [-0.25, -0.2) is 0 Å². The van der Waals surface area contributed by atoms with Crippen molar-refractivity contribution in [1.82, 2.24) is 4.90 Å². The van der Waals surface area contributed by atoms with E-state index in [9.17, 15) is 4.79 Å². The van der Waals surface area contributed by atoms with Gasteiger partial charge in [-0.1, -0.05) is 0 Å². The van der Waals surface area contributed by atoms with E-state index in [-0.39, 0.29) is 5.78 Å². The molecule has 1 aliphatic rings. The van der Waals surface area contributed by atoms with E-state index in [1.165, 1.54) is 0 Å². The zero-order chi connectivity index (χ0) is 8.97. The number of carbonyl (C=O) groups is 1. The molecule has 0 N–H and O–H groups in total. The molecule has 1 heterocycles. The molecule has 1 aliphatic heterocycles. The van der Waals surface area contributed by atoms with Gasteiger partial charge in [-0.05, 0) is 26.8 Å². The fourth-order valence-electron chi connectivity index (χ4n) is 1.55. The molecule has 12 heavy (non-hydrogen) atoms. The van der Waals surface area contributed by atoms with Gasteiger partial charge >= 0.3 is 0 Å². The average Bonchev–Trinajstić information content (AvgIpc) is 2.16. The highest BCUT2D eigenvalue weighted by atomic mass is 16.5. The van der Waals surface area contributed by atoms with Crippen molar-refractivity contribution in [2.45, 2.75) is 32.2 Å². The number of carbonyl (C=O) groups excluding carboxylic acids is 1. The molecule has 1 atom stereocenters. The Hall–Kier alpha value is -0.410. The molecule has 0 aliphatic carbocycles. The molecule has 3 nitrogen and oxygen atoms in total. The molecule has 3 heteroatoms. The zero-order valence-electron chi connectivity index (χ0n) is 7.88. The van der Waals surface area contributed by atoms with Crippen LogP contribution in [-0.4, -0.2) is 37.1 Å². The Bertz CT molecular complexity index is 159. The number of ether oxygens (including phenoxy) is 1. The second-order valence-electron chi connectivity index (χ2n) is 3.50. The minimum absolute atomic E-state index is 0.272. The third-order valence-corrected chi connectivity index (χ3v) is 2.27. The van der Waals surface area contributed by atoms with Crippen molar-refractivity contribution in [2.24, 2.45) is 0 Å². The maximum Gasteiger partial charge on any atom is 0.131 e. The smallest absolute Gasteiger partial charge is 0.131 e. The fraction of sp³-hybridized carbons (Fsp3) is 0.889. The third kappa shape index (κ3) is 2.91. The number of Topliss-reactive ketones (excluding diaryl/α,β-unsaturated/α-hetero) is 1. The van der Waals surface area contributed by atoms with Crippen LogP contribution in [0.15, 0.2) is 0 Å². The molecule has 70 valence electrons. The third-order valence-electron chi connectivity index (χ3n) is 2.27. The first-order valence-electron chi connectivity index (χ1n) is 4.47. The van der Waals surface area contributed by atoms with E-state index < -0.39 is 0 Å². The van der Waals surface area contributed by atoms with E-state index in [0.29, 0.717) is 19.2 Å². The lowest BCUT2D eigenvalue weighted by atomic mass is 10.1. The van der Waals surface area contributed by atoms with Gasteiger partial charge < -0.3 is 4.74 Å². The van der Waals surface area contributed by atoms with Gasteiger partial charge in [0.15, 0.2) is 0 Å². The summed E-state index contributed by atoms with van der Waals surface area (Å²) in [5.74, 6) is 0.272. The molecule has 0 aromatic carbocycles. The lowest BCUT2D eigenvalue weighted by molar-refractivity contribution is -0.118. The Kier molecular flexibility index (Phi) is 3.69. The SMILES string of the molecule is CC(=O)CC1CCCOCN1C. The molecule has 0 aromatic rings. The molecule has 1 fully saturated rings. The highest BCUT2D eigenvalue weighted by molar-refractivity contribution is 5.76. The highest BCUT2D eigenvalue weighted by Gasteiger charge is 2.18. The summed E-state index contributed by atoms with van der Waals surface area (Å²) < 4.78 is 5.33. The molecule has 0 saturated carbocycles. The van der Waals surface area contributed by atoms with Crippen molar-refractivity contribution in [3.8, 4) is 0 Å². The number of hydrogen-bond acceptors (Lipinski definition) is 3. The lowest BCUT2D eigenvalue weighted by Gasteiger charge is -2.23. The minimum Gasteiger partial charge on any atom is -0.366 e. The first-order valence-corrected chi connectivity index (χ1v) is 4.47. The number of rotatable bonds is 2. The molecule has 1 unspecified atom stereocenters. The van der Waals surface area contributed by atoms with Gasteiger partial charge in [0.1, 0.15) is 5.78 Å². The van der Waals surface area contributed by atoms with E-state index in [2.05, 4.69) is 4.90 Å². The normalized spacial score (nSPS) is 26.7. The van der Waals surface area contributed by atoms with E-state index in [1.54, 1.807) is 6.92 Å². The van der Waals surface area contributed by atoms with Crippen LogP contribution in [0.5, 0.6) is 0 Å². The second-order valence-corrected chi connectivity index (χ2v) is 3.50. The molecule has 0 spiro atoms. The molecule has 1 saturated heterocycles. The molecule has 1 rings (SSSR count). The standard InChI is InChI=1S/C9H17NO2/c1-8(11)6-9-4-3-5-12-7-10(9)2/h9H,3-7H2,1-2H3. The van der Waals surface area contributed by atoms with Crippen LogP contribution in [0, 0.1) is 0 Å². The minimum atomic E-state index is 0.272. The van der Waals surface area contributed by atoms with E-state index in [0.717, 1.165) is 19.4 Å². The second kappa shape index (κ2) is 4.58. The first-order chi connectivity index (χ1) is 5.70. The monoisotopic (exact) mass is 171 g/mol. The summed E-state index contributed by atoms with van der Waals surface area (Å²) in [7, 11) is 2.01. The van der Waals surface area contributed by atoms with Gasteiger partial charge in [-0.15, -0.1) is 0 Å². The number of nitrogens with zero attached hydrogens (tertiary/aromatic N) is 1. The van der Waals surface area contributed by atoms with Gasteiger partial charge in [0.25, 0.3) is 0 Å². The van der Waals surface area contributed by atoms with Gasteiger partial charge in [0.05, 0.1) is 6.73 Å². The maximum absolute atomic E-state index is 10.9. The number of hydrogen-bond donors (Lipinski definition) is 0. The Morgan fingerprint density at radius 3 is 3.08 bits per heavy atom. The molecular formula is C9H17NO2. The zero-order valence-corrected chi connectivity index (χ0v) is 7.88. The Morgan fingerprint density at radius 1 is 1.67 bits per heavy atom. The van der Waals surface area contributed by atoms with Crippen LogP contribution < -0.4 is 0 Å². The molecular weight excluding hydrogens is 154 g/mol. The van der Waals surface area contributed by atoms with Crippen molar-refractivity contribution in [1.29, 1.82) is 0 Å². The summed E-state index contributed by atoms with van der Waals surface area (Å²) in [6, 6.07) is 0.394. The molecule has 0 aromatic heterocycles. The predicted octanol–water partition coefficient (Wildman–Crippen LogP) is 1.03. The summed E-state index contributed by atoms with van der Waals surface area (Å²) in [5, 5.41) is 0. The fourth-order valence-corrected chi connectivity index (χ4v) is 1.55. The van der Waals surface area contributed by atoms with Gasteiger partial charge in [0.2, 0.25) is 0 Å². The maximum atomic E-state index is 10.9. The van der Waals surface area contributed by atoms with Crippen LogP contribution in [0.4, 0.5) is 0 Å². The van der Waals surface area contributed by atoms with Crippen LogP contribution in [0.1, 0.15) is 26.2 Å². The average molecular weight is 171 g/mol. The quantitative estimate of drug-likeness (QED) is 0.621. The summed E-state index contributed by atoms with van der Waals surface area (Å²) in [6.45, 7) is 3.15. The van der Waals surface area contributed by atoms with E-state index in [4.69, 9.17) is 4.74 Å². The predicted molar refractivity (Wildman–Crippen MR) is 46.9 cm³/mol. The summed E-state index contributed by atoms with van der Waals surface area (Å²) >= 11 is 0. The Balaban J connectivity index is 2.41. The first kappa shape index (κ1) is 9.68. The van der Waals surface area contributed by atoms with Crippen molar-refractivity contribution in [3.63, 3.8) is 0 Å². The van der Waals surface area contributed by atoms with Gasteiger partial charge in [0, 0.05) is 19.1 Å². The lowest BCUT2D eigenvalue weighted by Crippen LogP contribution is -2.33. The summed E-state index contributed by atoms with van der Waals surface area (Å²) in [4.78, 5) is 13.0. The van der Waals surface area contributed by atoms with Gasteiger partial charge in [-0.3, -0.25) is 9.69 Å². The molecule has 0 bridgehead atoms. The topological polar surface area (TPSA) is 29.5 Å².